The standard InChI is InChI=1S/C19H22N4OS2/c1-3-23-17(11-15-7-5-4-6-8-15)21-22-19(23)26-13-18(24)20-12-16-14(2)9-10-25-16/h4-10H,3,11-13H2,1-2H3,(H,20,24). The fraction of sp³-hybridized carbons (Fsp3) is 0.316. The van der Waals surface area contributed by atoms with Gasteiger partial charge in [-0.05, 0) is 36.4 Å². The lowest BCUT2D eigenvalue weighted by molar-refractivity contribution is -0.118. The van der Waals surface area contributed by atoms with Gasteiger partial charge in [0, 0.05) is 17.8 Å². The Labute approximate surface area is 161 Å². The fourth-order valence-electron chi connectivity index (χ4n) is 2.60. The molecule has 0 aliphatic heterocycles. The van der Waals surface area contributed by atoms with E-state index in [0.29, 0.717) is 12.3 Å². The van der Waals surface area contributed by atoms with Gasteiger partial charge in [-0.3, -0.25) is 4.79 Å². The first-order valence-corrected chi connectivity index (χ1v) is 10.4. The van der Waals surface area contributed by atoms with Gasteiger partial charge in [0.2, 0.25) is 5.91 Å². The van der Waals surface area contributed by atoms with Crippen molar-refractivity contribution in [3.05, 3.63) is 63.6 Å². The minimum absolute atomic E-state index is 0.0121. The minimum Gasteiger partial charge on any atom is -0.350 e. The van der Waals surface area contributed by atoms with Crippen LogP contribution < -0.4 is 5.32 Å². The van der Waals surface area contributed by atoms with Gasteiger partial charge in [0.25, 0.3) is 0 Å². The van der Waals surface area contributed by atoms with Crippen molar-refractivity contribution in [3.63, 3.8) is 0 Å². The van der Waals surface area contributed by atoms with Gasteiger partial charge in [0.05, 0.1) is 12.3 Å². The molecule has 0 atom stereocenters. The molecule has 0 aliphatic carbocycles. The number of nitrogens with one attached hydrogen (secondary N) is 1. The van der Waals surface area contributed by atoms with E-state index in [1.807, 2.05) is 23.6 Å². The predicted octanol–water partition coefficient (Wildman–Crippen LogP) is 3.67. The topological polar surface area (TPSA) is 59.8 Å². The summed E-state index contributed by atoms with van der Waals surface area (Å²) in [5, 5.41) is 14.4. The summed E-state index contributed by atoms with van der Waals surface area (Å²) in [4.78, 5) is 13.3. The van der Waals surface area contributed by atoms with Gasteiger partial charge in [0.15, 0.2) is 5.16 Å². The Morgan fingerprint density at radius 3 is 2.73 bits per heavy atom. The zero-order chi connectivity index (χ0) is 18.4. The van der Waals surface area contributed by atoms with Crippen molar-refractivity contribution in [2.24, 2.45) is 0 Å². The van der Waals surface area contributed by atoms with Gasteiger partial charge >= 0.3 is 0 Å². The number of thioether (sulfide) groups is 1. The van der Waals surface area contributed by atoms with Crippen LogP contribution in [0.5, 0.6) is 0 Å². The lowest BCUT2D eigenvalue weighted by Crippen LogP contribution is -2.24. The molecule has 1 amide bonds. The molecule has 2 heterocycles. The van der Waals surface area contributed by atoms with E-state index in [1.54, 1.807) is 11.3 Å². The van der Waals surface area contributed by atoms with E-state index in [-0.39, 0.29) is 5.91 Å². The van der Waals surface area contributed by atoms with Crippen molar-refractivity contribution in [1.29, 1.82) is 0 Å². The summed E-state index contributed by atoms with van der Waals surface area (Å²) < 4.78 is 2.08. The molecule has 7 heteroatoms. The highest BCUT2D eigenvalue weighted by atomic mass is 32.2. The molecule has 0 saturated carbocycles. The molecule has 1 N–H and O–H groups in total. The lowest BCUT2D eigenvalue weighted by Gasteiger charge is -2.08. The van der Waals surface area contributed by atoms with Gasteiger partial charge in [-0.2, -0.15) is 0 Å². The van der Waals surface area contributed by atoms with Crippen LogP contribution in [-0.2, 0) is 24.3 Å². The Morgan fingerprint density at radius 2 is 2.04 bits per heavy atom. The van der Waals surface area contributed by atoms with Crippen LogP contribution >= 0.6 is 23.1 Å². The highest BCUT2D eigenvalue weighted by Gasteiger charge is 2.13. The number of carbonyl (C=O) groups is 1. The fourth-order valence-corrected chi connectivity index (χ4v) is 4.29. The summed E-state index contributed by atoms with van der Waals surface area (Å²) in [6.45, 7) is 5.50. The number of amides is 1. The number of thiophene rings is 1. The van der Waals surface area contributed by atoms with Crippen molar-refractivity contribution in [2.45, 2.75) is 38.5 Å². The monoisotopic (exact) mass is 386 g/mol. The normalized spacial score (nSPS) is 10.8. The molecule has 2 aromatic heterocycles. The smallest absolute Gasteiger partial charge is 0.230 e. The first-order valence-electron chi connectivity index (χ1n) is 8.55. The number of benzene rings is 1. The number of hydrogen-bond acceptors (Lipinski definition) is 5. The molecular formula is C19H22N4OS2. The van der Waals surface area contributed by atoms with Crippen LogP contribution in [0.25, 0.3) is 0 Å². The summed E-state index contributed by atoms with van der Waals surface area (Å²) in [6, 6.07) is 12.3. The number of nitrogens with zero attached hydrogens (tertiary/aromatic N) is 3. The highest BCUT2D eigenvalue weighted by molar-refractivity contribution is 7.99. The van der Waals surface area contributed by atoms with E-state index in [0.717, 1.165) is 23.9 Å². The van der Waals surface area contributed by atoms with Gasteiger partial charge in [-0.15, -0.1) is 21.5 Å². The zero-order valence-electron chi connectivity index (χ0n) is 14.9. The van der Waals surface area contributed by atoms with Crippen LogP contribution in [-0.4, -0.2) is 26.4 Å². The molecule has 5 nitrogen and oxygen atoms in total. The third kappa shape index (κ3) is 4.74. The lowest BCUT2D eigenvalue weighted by atomic mass is 10.1. The number of aromatic nitrogens is 3. The van der Waals surface area contributed by atoms with Crippen LogP contribution in [0.15, 0.2) is 46.9 Å². The molecule has 0 bridgehead atoms. The summed E-state index contributed by atoms with van der Waals surface area (Å²) >= 11 is 3.10. The Hall–Kier alpha value is -2.12. The second-order valence-electron chi connectivity index (χ2n) is 5.90. The quantitative estimate of drug-likeness (QED) is 0.600. The van der Waals surface area contributed by atoms with Crippen LogP contribution in [0.4, 0.5) is 0 Å². The van der Waals surface area contributed by atoms with E-state index < -0.39 is 0 Å². The molecule has 3 aromatic rings. The van der Waals surface area contributed by atoms with Gasteiger partial charge in [-0.1, -0.05) is 42.1 Å². The summed E-state index contributed by atoms with van der Waals surface area (Å²) in [5.74, 6) is 1.28. The van der Waals surface area contributed by atoms with Crippen molar-refractivity contribution < 1.29 is 4.79 Å². The van der Waals surface area contributed by atoms with Crippen LogP contribution in [0, 0.1) is 6.92 Å². The number of aryl methyl sites for hydroxylation is 1. The number of hydrogen-bond donors (Lipinski definition) is 1. The van der Waals surface area contributed by atoms with Gasteiger partial charge < -0.3 is 9.88 Å². The largest absolute Gasteiger partial charge is 0.350 e. The van der Waals surface area contributed by atoms with Gasteiger partial charge in [0.1, 0.15) is 5.82 Å². The maximum atomic E-state index is 12.1. The molecule has 0 radical (unpaired) electrons. The molecule has 3 rings (SSSR count). The Kier molecular flexibility index (Phi) is 6.46. The molecule has 1 aromatic carbocycles. The van der Waals surface area contributed by atoms with Crippen LogP contribution in [0.2, 0.25) is 0 Å². The van der Waals surface area contributed by atoms with Gasteiger partial charge in [-0.25, -0.2) is 0 Å². The van der Waals surface area contributed by atoms with E-state index in [9.17, 15) is 4.79 Å². The van der Waals surface area contributed by atoms with Crippen LogP contribution in [0.3, 0.4) is 0 Å². The van der Waals surface area contributed by atoms with Crippen molar-refractivity contribution in [2.75, 3.05) is 5.75 Å². The molecule has 26 heavy (non-hydrogen) atoms. The number of carbonyl (C=O) groups excluding carboxylic acids is 1. The second kappa shape index (κ2) is 9.00. The van der Waals surface area contributed by atoms with E-state index in [2.05, 4.69) is 52.1 Å². The molecule has 0 unspecified atom stereocenters. The average molecular weight is 387 g/mol. The van der Waals surface area contributed by atoms with Crippen molar-refractivity contribution in [3.8, 4) is 0 Å². The zero-order valence-corrected chi connectivity index (χ0v) is 16.6. The molecular weight excluding hydrogens is 364 g/mol. The van der Waals surface area contributed by atoms with Crippen molar-refractivity contribution in [1.82, 2.24) is 20.1 Å². The first kappa shape index (κ1) is 18.7. The Balaban J connectivity index is 1.56. The van der Waals surface area contributed by atoms with Crippen LogP contribution in [0.1, 0.15) is 28.8 Å². The summed E-state index contributed by atoms with van der Waals surface area (Å²) in [7, 11) is 0. The Morgan fingerprint density at radius 1 is 1.23 bits per heavy atom. The molecule has 0 fully saturated rings. The molecule has 0 spiro atoms. The van der Waals surface area contributed by atoms with E-state index in [4.69, 9.17) is 0 Å². The summed E-state index contributed by atoms with van der Waals surface area (Å²) in [6.07, 6.45) is 0.742. The average Bonchev–Trinajstić information content (AvgIpc) is 3.24. The second-order valence-corrected chi connectivity index (χ2v) is 7.84. The predicted molar refractivity (Wildman–Crippen MR) is 107 cm³/mol. The van der Waals surface area contributed by atoms with E-state index in [1.165, 1.54) is 27.8 Å². The maximum Gasteiger partial charge on any atom is 0.230 e. The van der Waals surface area contributed by atoms with E-state index >= 15 is 0 Å². The highest BCUT2D eigenvalue weighted by Crippen LogP contribution is 2.19. The maximum absolute atomic E-state index is 12.1. The minimum atomic E-state index is 0.0121. The third-order valence-corrected chi connectivity index (χ3v) is 6.05. The molecule has 0 aliphatic rings. The first-order chi connectivity index (χ1) is 12.7. The number of rotatable bonds is 8. The Bertz CT molecular complexity index is 858. The van der Waals surface area contributed by atoms with Crippen molar-refractivity contribution >= 4 is 29.0 Å². The summed E-state index contributed by atoms with van der Waals surface area (Å²) in [5.41, 5.74) is 2.43. The molecule has 136 valence electrons. The molecule has 0 saturated heterocycles. The SMILES string of the molecule is CCn1c(Cc2ccccc2)nnc1SCC(=O)NCc1sccc1C. The third-order valence-electron chi connectivity index (χ3n) is 4.06.